The molecule has 6 nitrogen and oxygen atoms in total. The van der Waals surface area contributed by atoms with E-state index in [0.717, 1.165) is 5.56 Å². The van der Waals surface area contributed by atoms with Gasteiger partial charge in [-0.2, -0.15) is 0 Å². The fourth-order valence-electron chi connectivity index (χ4n) is 3.09. The average Bonchev–Trinajstić information content (AvgIpc) is 3.21. The maximum absolute atomic E-state index is 12.7. The van der Waals surface area contributed by atoms with Crippen LogP contribution >= 0.6 is 12.4 Å². The molecule has 1 aliphatic rings. The Labute approximate surface area is 159 Å². The number of amides is 2. The summed E-state index contributed by atoms with van der Waals surface area (Å²) >= 11 is 0. The number of furan rings is 1. The van der Waals surface area contributed by atoms with Crippen LogP contribution in [0.5, 0.6) is 0 Å². The number of halogens is 1. The van der Waals surface area contributed by atoms with Gasteiger partial charge in [-0.3, -0.25) is 9.59 Å². The Morgan fingerprint density at radius 3 is 2.19 bits per heavy atom. The van der Waals surface area contributed by atoms with E-state index in [-0.39, 0.29) is 36.2 Å². The van der Waals surface area contributed by atoms with Crippen LogP contribution < -0.4 is 5.73 Å². The molecule has 3 rings (SSSR count). The number of carbonyl (C=O) groups is 2. The lowest BCUT2D eigenvalue weighted by molar-refractivity contribution is -0.137. The fraction of sp³-hybridized carbons (Fsp3) is 0.368. The molecule has 0 spiro atoms. The molecular formula is C19H24ClN3O3. The minimum atomic E-state index is -0.337. The molecule has 0 radical (unpaired) electrons. The van der Waals surface area contributed by atoms with E-state index in [0.29, 0.717) is 31.9 Å². The maximum Gasteiger partial charge on any atom is 0.289 e. The lowest BCUT2D eigenvalue weighted by atomic mass is 9.94. The molecule has 1 aromatic carbocycles. The van der Waals surface area contributed by atoms with Gasteiger partial charge >= 0.3 is 0 Å². The largest absolute Gasteiger partial charge is 0.459 e. The quantitative estimate of drug-likeness (QED) is 0.886. The molecular weight excluding hydrogens is 354 g/mol. The summed E-state index contributed by atoms with van der Waals surface area (Å²) < 4.78 is 5.15. The summed E-state index contributed by atoms with van der Waals surface area (Å²) in [6.45, 7) is 3.88. The second-order valence-electron chi connectivity index (χ2n) is 6.32. The average molecular weight is 378 g/mol. The minimum Gasteiger partial charge on any atom is -0.459 e. The number of nitrogens with two attached hydrogens (primary N) is 1. The molecule has 1 fully saturated rings. The van der Waals surface area contributed by atoms with E-state index in [4.69, 9.17) is 10.2 Å². The van der Waals surface area contributed by atoms with Crippen molar-refractivity contribution in [1.82, 2.24) is 9.80 Å². The number of hydrogen-bond acceptors (Lipinski definition) is 4. The second kappa shape index (κ2) is 8.87. The summed E-state index contributed by atoms with van der Waals surface area (Å²) in [5.74, 6) is -0.0819. The molecule has 2 aromatic rings. The molecule has 0 aliphatic carbocycles. The summed E-state index contributed by atoms with van der Waals surface area (Å²) in [5, 5.41) is 0. The van der Waals surface area contributed by atoms with E-state index in [2.05, 4.69) is 0 Å². The van der Waals surface area contributed by atoms with Crippen molar-refractivity contribution in [3.05, 3.63) is 60.1 Å². The first-order valence-corrected chi connectivity index (χ1v) is 8.50. The lowest BCUT2D eigenvalue weighted by Gasteiger charge is -2.36. The van der Waals surface area contributed by atoms with Gasteiger partial charge in [0.25, 0.3) is 5.91 Å². The zero-order valence-electron chi connectivity index (χ0n) is 14.7. The predicted octanol–water partition coefficient (Wildman–Crippen LogP) is 2.32. The normalized spacial score (nSPS) is 16.5. The highest BCUT2D eigenvalue weighted by Gasteiger charge is 2.30. The van der Waals surface area contributed by atoms with E-state index in [9.17, 15) is 9.59 Å². The van der Waals surface area contributed by atoms with Gasteiger partial charge in [-0.15, -0.1) is 12.4 Å². The third-order valence-corrected chi connectivity index (χ3v) is 4.72. The van der Waals surface area contributed by atoms with E-state index < -0.39 is 0 Å². The van der Waals surface area contributed by atoms with Crippen molar-refractivity contribution in [2.45, 2.75) is 13.0 Å². The van der Waals surface area contributed by atoms with Gasteiger partial charge in [0, 0.05) is 32.2 Å². The van der Waals surface area contributed by atoms with Gasteiger partial charge in [0.1, 0.15) is 0 Å². The Hall–Kier alpha value is -2.31. The van der Waals surface area contributed by atoms with Crippen molar-refractivity contribution < 1.29 is 14.0 Å². The van der Waals surface area contributed by atoms with E-state index in [1.165, 1.54) is 6.26 Å². The Morgan fingerprint density at radius 1 is 1.00 bits per heavy atom. The minimum absolute atomic E-state index is 0. The molecule has 2 N–H and O–H groups in total. The van der Waals surface area contributed by atoms with Crippen molar-refractivity contribution >= 4 is 24.2 Å². The number of hydrogen-bond donors (Lipinski definition) is 1. The number of nitrogens with zero attached hydrogens (tertiary/aromatic N) is 2. The first-order chi connectivity index (χ1) is 12.1. The highest BCUT2D eigenvalue weighted by atomic mass is 35.5. The van der Waals surface area contributed by atoms with Crippen molar-refractivity contribution in [1.29, 1.82) is 0 Å². The van der Waals surface area contributed by atoms with Gasteiger partial charge in [0.05, 0.1) is 12.2 Å². The summed E-state index contributed by atoms with van der Waals surface area (Å²) in [6, 6.07) is 12.7. The molecule has 2 heterocycles. The number of benzene rings is 1. The predicted molar refractivity (Wildman–Crippen MR) is 101 cm³/mol. The first-order valence-electron chi connectivity index (χ1n) is 8.50. The van der Waals surface area contributed by atoms with Crippen LogP contribution in [0, 0.1) is 5.92 Å². The van der Waals surface area contributed by atoms with Gasteiger partial charge in [0.15, 0.2) is 5.76 Å². The van der Waals surface area contributed by atoms with Crippen LogP contribution in [-0.4, -0.2) is 47.8 Å². The molecule has 1 aromatic heterocycles. The van der Waals surface area contributed by atoms with Crippen LogP contribution in [0.4, 0.5) is 0 Å². The number of carbonyl (C=O) groups excluding carboxylic acids is 2. The van der Waals surface area contributed by atoms with Crippen LogP contribution in [0.2, 0.25) is 0 Å². The Balaban J connectivity index is 0.00000243. The first kappa shape index (κ1) is 20.0. The summed E-state index contributed by atoms with van der Waals surface area (Å²) in [7, 11) is 0. The van der Waals surface area contributed by atoms with Gasteiger partial charge in [-0.05, 0) is 17.7 Å². The van der Waals surface area contributed by atoms with E-state index in [1.54, 1.807) is 21.9 Å². The summed E-state index contributed by atoms with van der Waals surface area (Å²) in [4.78, 5) is 28.5. The van der Waals surface area contributed by atoms with Crippen molar-refractivity contribution in [3.63, 3.8) is 0 Å². The molecule has 26 heavy (non-hydrogen) atoms. The second-order valence-corrected chi connectivity index (χ2v) is 6.32. The van der Waals surface area contributed by atoms with Crippen LogP contribution in [0.1, 0.15) is 29.1 Å². The summed E-state index contributed by atoms with van der Waals surface area (Å²) in [5.41, 5.74) is 7.22. The molecule has 0 saturated carbocycles. The standard InChI is InChI=1S/C19H23N3O3.ClH/c1-14(17(20)15-6-3-2-4-7-15)18(23)21-9-11-22(12-10-21)19(24)16-8-5-13-25-16;/h2-8,13-14,17H,9-12,20H2,1H3;1H. The van der Waals surface area contributed by atoms with Crippen molar-refractivity contribution in [3.8, 4) is 0 Å². The van der Waals surface area contributed by atoms with Gasteiger partial charge in [-0.1, -0.05) is 37.3 Å². The molecule has 1 aliphatic heterocycles. The fourth-order valence-corrected chi connectivity index (χ4v) is 3.09. The maximum atomic E-state index is 12.7. The van der Waals surface area contributed by atoms with Crippen molar-refractivity contribution in [2.75, 3.05) is 26.2 Å². The third kappa shape index (κ3) is 4.26. The van der Waals surface area contributed by atoms with E-state index >= 15 is 0 Å². The molecule has 7 heteroatoms. The Morgan fingerprint density at radius 2 is 1.62 bits per heavy atom. The molecule has 2 unspecified atom stereocenters. The van der Waals surface area contributed by atoms with Gasteiger partial charge in [0.2, 0.25) is 5.91 Å². The number of piperazine rings is 1. The molecule has 1 saturated heterocycles. The molecule has 2 atom stereocenters. The Bertz CT molecular complexity index is 713. The third-order valence-electron chi connectivity index (χ3n) is 4.72. The van der Waals surface area contributed by atoms with Crippen molar-refractivity contribution in [2.24, 2.45) is 11.7 Å². The SMILES string of the molecule is CC(C(=O)N1CCN(C(=O)c2ccco2)CC1)C(N)c1ccccc1.Cl. The van der Waals surface area contributed by atoms with Crippen LogP contribution in [0.25, 0.3) is 0 Å². The monoisotopic (exact) mass is 377 g/mol. The highest BCUT2D eigenvalue weighted by molar-refractivity contribution is 5.91. The smallest absolute Gasteiger partial charge is 0.289 e. The van der Waals surface area contributed by atoms with Crippen LogP contribution in [0.3, 0.4) is 0 Å². The van der Waals surface area contributed by atoms with E-state index in [1.807, 2.05) is 37.3 Å². The Kier molecular flexibility index (Phi) is 6.83. The van der Waals surface area contributed by atoms with Crippen LogP contribution in [0.15, 0.2) is 53.1 Å². The summed E-state index contributed by atoms with van der Waals surface area (Å²) in [6.07, 6.45) is 1.49. The molecule has 2 amide bonds. The lowest BCUT2D eigenvalue weighted by Crippen LogP contribution is -2.52. The number of rotatable bonds is 4. The topological polar surface area (TPSA) is 79.8 Å². The molecule has 0 bridgehead atoms. The van der Waals surface area contributed by atoms with Gasteiger partial charge in [-0.25, -0.2) is 0 Å². The highest BCUT2D eigenvalue weighted by Crippen LogP contribution is 2.22. The zero-order chi connectivity index (χ0) is 17.8. The van der Waals surface area contributed by atoms with Gasteiger partial charge < -0.3 is 20.0 Å². The van der Waals surface area contributed by atoms with Crippen LogP contribution in [-0.2, 0) is 4.79 Å². The molecule has 140 valence electrons. The zero-order valence-corrected chi connectivity index (χ0v) is 15.5.